The smallest absolute Gasteiger partial charge is 0.207 e. The van der Waals surface area contributed by atoms with Gasteiger partial charge in [0.2, 0.25) is 10.0 Å². The van der Waals surface area contributed by atoms with E-state index in [1.165, 1.54) is 0 Å². The fourth-order valence-electron chi connectivity index (χ4n) is 2.73. The highest BCUT2D eigenvalue weighted by Crippen LogP contribution is 2.25. The molecule has 0 aliphatic carbocycles. The number of benzene rings is 2. The lowest BCUT2D eigenvalue weighted by Crippen LogP contribution is -2.28. The SMILES string of the molecule is Cc1cc(C)c(S(=O)(=O)N[C@@H](C)c2cccc(Br)c2)c(C)c1. The van der Waals surface area contributed by atoms with Crippen molar-refractivity contribution in [3.8, 4) is 0 Å². The van der Waals surface area contributed by atoms with Crippen LogP contribution in [0, 0.1) is 20.8 Å². The van der Waals surface area contributed by atoms with E-state index in [0.29, 0.717) is 4.90 Å². The molecule has 0 saturated carbocycles. The largest absolute Gasteiger partial charge is 0.241 e. The standard InChI is InChI=1S/C17H20BrNO2S/c1-11-8-12(2)17(13(3)9-11)22(20,21)19-14(4)15-6-5-7-16(18)10-15/h5-10,14,19H,1-4H3/t14-/m0/s1. The monoisotopic (exact) mass is 381 g/mol. The molecule has 0 aliphatic heterocycles. The first kappa shape index (κ1) is 17.2. The van der Waals surface area contributed by atoms with Crippen LogP contribution >= 0.6 is 15.9 Å². The molecule has 1 N–H and O–H groups in total. The molecule has 0 aromatic heterocycles. The fraction of sp³-hybridized carbons (Fsp3) is 0.294. The topological polar surface area (TPSA) is 46.2 Å². The summed E-state index contributed by atoms with van der Waals surface area (Å²) in [5.74, 6) is 0. The van der Waals surface area contributed by atoms with Gasteiger partial charge in [-0.3, -0.25) is 0 Å². The van der Waals surface area contributed by atoms with Gasteiger partial charge >= 0.3 is 0 Å². The molecule has 118 valence electrons. The summed E-state index contributed by atoms with van der Waals surface area (Å²) in [6.07, 6.45) is 0. The third-order valence-corrected chi connectivity index (χ3v) is 5.89. The Morgan fingerprint density at radius 2 is 1.64 bits per heavy atom. The summed E-state index contributed by atoms with van der Waals surface area (Å²) in [6, 6.07) is 11.1. The van der Waals surface area contributed by atoms with Crippen molar-refractivity contribution >= 4 is 26.0 Å². The summed E-state index contributed by atoms with van der Waals surface area (Å²) >= 11 is 3.41. The summed E-state index contributed by atoms with van der Waals surface area (Å²) in [6.45, 7) is 7.47. The Kier molecular flexibility index (Phi) is 5.10. The van der Waals surface area contributed by atoms with Gasteiger partial charge in [-0.05, 0) is 56.5 Å². The number of halogens is 1. The van der Waals surface area contributed by atoms with Crippen molar-refractivity contribution in [1.29, 1.82) is 0 Å². The Morgan fingerprint density at radius 1 is 1.05 bits per heavy atom. The zero-order valence-corrected chi connectivity index (χ0v) is 15.5. The molecule has 0 fully saturated rings. The third-order valence-electron chi connectivity index (χ3n) is 3.55. The van der Waals surface area contributed by atoms with E-state index in [9.17, 15) is 8.42 Å². The highest BCUT2D eigenvalue weighted by molar-refractivity contribution is 9.10. The molecule has 2 rings (SSSR count). The Hall–Kier alpha value is -1.17. The van der Waals surface area contributed by atoms with Gasteiger partial charge in [0.05, 0.1) is 4.90 Å². The lowest BCUT2D eigenvalue weighted by Gasteiger charge is -2.18. The van der Waals surface area contributed by atoms with Gasteiger partial charge in [-0.2, -0.15) is 0 Å². The summed E-state index contributed by atoms with van der Waals surface area (Å²) in [5, 5.41) is 0. The van der Waals surface area contributed by atoms with Crippen molar-refractivity contribution in [2.24, 2.45) is 0 Å². The van der Waals surface area contributed by atoms with Crippen LogP contribution in [-0.2, 0) is 10.0 Å². The maximum Gasteiger partial charge on any atom is 0.241 e. The molecule has 22 heavy (non-hydrogen) atoms. The van der Waals surface area contributed by atoms with Crippen LogP contribution in [0.4, 0.5) is 0 Å². The van der Waals surface area contributed by atoms with E-state index in [-0.39, 0.29) is 6.04 Å². The molecule has 0 bridgehead atoms. The van der Waals surface area contributed by atoms with E-state index in [4.69, 9.17) is 0 Å². The molecule has 0 spiro atoms. The van der Waals surface area contributed by atoms with Gasteiger partial charge in [0.25, 0.3) is 0 Å². The molecule has 5 heteroatoms. The van der Waals surface area contributed by atoms with Crippen molar-refractivity contribution in [2.45, 2.75) is 38.6 Å². The number of nitrogens with one attached hydrogen (secondary N) is 1. The zero-order chi connectivity index (χ0) is 16.5. The van der Waals surface area contributed by atoms with Gasteiger partial charge in [0.1, 0.15) is 0 Å². The molecule has 2 aromatic rings. The van der Waals surface area contributed by atoms with Crippen LogP contribution in [0.2, 0.25) is 0 Å². The molecule has 0 aliphatic rings. The van der Waals surface area contributed by atoms with E-state index in [1.54, 1.807) is 0 Å². The highest BCUT2D eigenvalue weighted by atomic mass is 79.9. The van der Waals surface area contributed by atoms with Crippen LogP contribution < -0.4 is 4.72 Å². The van der Waals surface area contributed by atoms with E-state index in [2.05, 4.69) is 20.7 Å². The van der Waals surface area contributed by atoms with E-state index >= 15 is 0 Å². The molecular weight excluding hydrogens is 362 g/mol. The van der Waals surface area contributed by atoms with E-state index in [0.717, 1.165) is 26.7 Å². The van der Waals surface area contributed by atoms with Crippen LogP contribution in [0.25, 0.3) is 0 Å². The van der Waals surface area contributed by atoms with E-state index in [1.807, 2.05) is 64.1 Å². The highest BCUT2D eigenvalue weighted by Gasteiger charge is 2.22. The minimum Gasteiger partial charge on any atom is -0.207 e. The summed E-state index contributed by atoms with van der Waals surface area (Å²) in [7, 11) is -3.56. The van der Waals surface area contributed by atoms with Crippen molar-refractivity contribution in [2.75, 3.05) is 0 Å². The normalized spacial score (nSPS) is 13.1. The fourth-order valence-corrected chi connectivity index (χ4v) is 4.83. The molecule has 1 atom stereocenters. The Bertz CT molecular complexity index is 777. The van der Waals surface area contributed by atoms with Crippen molar-refractivity contribution in [1.82, 2.24) is 4.72 Å². The molecule has 0 unspecified atom stereocenters. The van der Waals surface area contributed by atoms with Crippen LogP contribution in [0.5, 0.6) is 0 Å². The minimum absolute atomic E-state index is 0.303. The van der Waals surface area contributed by atoms with Gasteiger partial charge in [-0.1, -0.05) is 45.8 Å². The van der Waals surface area contributed by atoms with Crippen LogP contribution in [0.15, 0.2) is 45.8 Å². The molecular formula is C17H20BrNO2S. The average Bonchev–Trinajstić information content (AvgIpc) is 2.36. The lowest BCUT2D eigenvalue weighted by molar-refractivity contribution is 0.565. The van der Waals surface area contributed by atoms with Gasteiger partial charge in [-0.25, -0.2) is 13.1 Å². The summed E-state index contributed by atoms with van der Waals surface area (Å²) in [4.78, 5) is 0.375. The molecule has 3 nitrogen and oxygen atoms in total. The van der Waals surface area contributed by atoms with Crippen LogP contribution in [0.3, 0.4) is 0 Å². The van der Waals surface area contributed by atoms with Crippen molar-refractivity contribution in [3.05, 3.63) is 63.1 Å². The van der Waals surface area contributed by atoms with Gasteiger partial charge in [0, 0.05) is 10.5 Å². The second kappa shape index (κ2) is 6.52. The second-order valence-electron chi connectivity index (χ2n) is 5.63. The van der Waals surface area contributed by atoms with Gasteiger partial charge < -0.3 is 0 Å². The van der Waals surface area contributed by atoms with Gasteiger partial charge in [-0.15, -0.1) is 0 Å². The Labute approximate surface area is 140 Å². The molecule has 2 aromatic carbocycles. The molecule has 0 saturated heterocycles. The Morgan fingerprint density at radius 3 is 2.18 bits per heavy atom. The third kappa shape index (κ3) is 3.77. The molecule has 0 heterocycles. The summed E-state index contributed by atoms with van der Waals surface area (Å²) < 4.78 is 29.2. The van der Waals surface area contributed by atoms with E-state index < -0.39 is 10.0 Å². The average molecular weight is 382 g/mol. The maximum atomic E-state index is 12.7. The van der Waals surface area contributed by atoms with Crippen LogP contribution in [-0.4, -0.2) is 8.42 Å². The number of rotatable bonds is 4. The number of hydrogen-bond donors (Lipinski definition) is 1. The zero-order valence-electron chi connectivity index (χ0n) is 13.1. The first-order chi connectivity index (χ1) is 10.2. The second-order valence-corrected chi connectivity index (χ2v) is 8.19. The van der Waals surface area contributed by atoms with Crippen molar-refractivity contribution < 1.29 is 8.42 Å². The predicted molar refractivity (Wildman–Crippen MR) is 93.5 cm³/mol. The summed E-state index contributed by atoms with van der Waals surface area (Å²) in [5.41, 5.74) is 3.52. The first-order valence-corrected chi connectivity index (χ1v) is 9.34. The number of hydrogen-bond acceptors (Lipinski definition) is 2. The maximum absolute atomic E-state index is 12.7. The molecule has 0 radical (unpaired) electrons. The Balaban J connectivity index is 2.36. The minimum atomic E-state index is -3.56. The number of sulfonamides is 1. The first-order valence-electron chi connectivity index (χ1n) is 7.06. The lowest BCUT2D eigenvalue weighted by atomic mass is 10.1. The molecule has 0 amide bonds. The van der Waals surface area contributed by atoms with Crippen LogP contribution in [0.1, 0.15) is 35.2 Å². The van der Waals surface area contributed by atoms with Gasteiger partial charge in [0.15, 0.2) is 0 Å². The van der Waals surface area contributed by atoms with Crippen molar-refractivity contribution in [3.63, 3.8) is 0 Å². The predicted octanol–water partition coefficient (Wildman–Crippen LogP) is 4.41. The quantitative estimate of drug-likeness (QED) is 0.851. The number of aryl methyl sites for hydroxylation is 3.